The van der Waals surface area contributed by atoms with Crippen molar-refractivity contribution >= 4 is 11.9 Å². The lowest BCUT2D eigenvalue weighted by molar-refractivity contribution is -0.142. The molecule has 0 radical (unpaired) electrons. The molecule has 1 atom stereocenters. The summed E-state index contributed by atoms with van der Waals surface area (Å²) in [6, 6.07) is 0. The molecule has 1 heterocycles. The SMILES string of the molecule is NC(N)=NCC(=O)OCC1CO1. The molecule has 0 aromatic carbocycles. The fraction of sp³-hybridized carbons (Fsp3) is 0.667. The first-order chi connectivity index (χ1) is 5.68. The molecule has 4 N–H and O–H groups in total. The van der Waals surface area contributed by atoms with Crippen molar-refractivity contribution in [3.05, 3.63) is 0 Å². The van der Waals surface area contributed by atoms with E-state index in [1.807, 2.05) is 0 Å². The predicted octanol–water partition coefficient (Wildman–Crippen LogP) is -1.80. The summed E-state index contributed by atoms with van der Waals surface area (Å²) in [5.74, 6) is -0.562. The second kappa shape index (κ2) is 3.91. The average Bonchev–Trinajstić information content (AvgIpc) is 2.80. The topological polar surface area (TPSA) is 103 Å². The van der Waals surface area contributed by atoms with Gasteiger partial charge in [-0.15, -0.1) is 0 Å². The van der Waals surface area contributed by atoms with Gasteiger partial charge < -0.3 is 20.9 Å². The molecule has 0 aromatic heterocycles. The van der Waals surface area contributed by atoms with Crippen LogP contribution in [0.1, 0.15) is 0 Å². The predicted molar refractivity (Wildman–Crippen MR) is 41.4 cm³/mol. The maximum Gasteiger partial charge on any atom is 0.327 e. The van der Waals surface area contributed by atoms with Gasteiger partial charge in [-0.2, -0.15) is 0 Å². The summed E-state index contributed by atoms with van der Waals surface area (Å²) >= 11 is 0. The van der Waals surface area contributed by atoms with Gasteiger partial charge in [0.2, 0.25) is 0 Å². The monoisotopic (exact) mass is 173 g/mol. The number of ether oxygens (including phenoxy) is 2. The Labute approximate surface area is 69.5 Å². The number of nitrogens with zero attached hydrogens (tertiary/aromatic N) is 1. The molecule has 0 aliphatic carbocycles. The van der Waals surface area contributed by atoms with E-state index >= 15 is 0 Å². The molecule has 1 fully saturated rings. The highest BCUT2D eigenvalue weighted by molar-refractivity contribution is 5.80. The number of hydrogen-bond donors (Lipinski definition) is 2. The van der Waals surface area contributed by atoms with E-state index in [1.165, 1.54) is 0 Å². The maximum absolute atomic E-state index is 10.8. The third kappa shape index (κ3) is 3.77. The van der Waals surface area contributed by atoms with Crippen molar-refractivity contribution in [2.24, 2.45) is 16.5 Å². The van der Waals surface area contributed by atoms with Gasteiger partial charge in [0.15, 0.2) is 5.96 Å². The summed E-state index contributed by atoms with van der Waals surface area (Å²) in [7, 11) is 0. The number of epoxide rings is 1. The average molecular weight is 173 g/mol. The van der Waals surface area contributed by atoms with Gasteiger partial charge in [0.05, 0.1) is 6.61 Å². The molecule has 6 nitrogen and oxygen atoms in total. The highest BCUT2D eigenvalue weighted by Crippen LogP contribution is 2.08. The lowest BCUT2D eigenvalue weighted by Crippen LogP contribution is -2.24. The van der Waals surface area contributed by atoms with E-state index in [9.17, 15) is 4.79 Å². The third-order valence-electron chi connectivity index (χ3n) is 1.22. The van der Waals surface area contributed by atoms with E-state index in [1.54, 1.807) is 0 Å². The molecule has 6 heteroatoms. The Bertz CT molecular complexity index is 196. The van der Waals surface area contributed by atoms with E-state index in [2.05, 4.69) is 4.99 Å². The Hall–Kier alpha value is -1.30. The number of nitrogens with two attached hydrogens (primary N) is 2. The van der Waals surface area contributed by atoms with E-state index < -0.39 is 5.97 Å². The molecule has 0 amide bonds. The Morgan fingerprint density at radius 2 is 2.33 bits per heavy atom. The van der Waals surface area contributed by atoms with Gasteiger partial charge in [-0.1, -0.05) is 0 Å². The van der Waals surface area contributed by atoms with Crippen LogP contribution in [0.2, 0.25) is 0 Å². The van der Waals surface area contributed by atoms with Crippen molar-refractivity contribution in [2.45, 2.75) is 6.10 Å². The van der Waals surface area contributed by atoms with Crippen LogP contribution in [0.25, 0.3) is 0 Å². The summed E-state index contributed by atoms with van der Waals surface area (Å²) < 4.78 is 9.56. The van der Waals surface area contributed by atoms with Crippen molar-refractivity contribution in [3.8, 4) is 0 Å². The lowest BCUT2D eigenvalue weighted by atomic mass is 10.5. The number of carbonyl (C=O) groups is 1. The number of hydrogen-bond acceptors (Lipinski definition) is 4. The highest BCUT2D eigenvalue weighted by Gasteiger charge is 2.23. The lowest BCUT2D eigenvalue weighted by Gasteiger charge is -1.98. The van der Waals surface area contributed by atoms with Gasteiger partial charge in [0, 0.05) is 0 Å². The molecular weight excluding hydrogens is 162 g/mol. The fourth-order valence-electron chi connectivity index (χ4n) is 0.552. The van der Waals surface area contributed by atoms with E-state index in [0.717, 1.165) is 0 Å². The zero-order valence-electron chi connectivity index (χ0n) is 6.53. The Kier molecular flexibility index (Phi) is 2.87. The van der Waals surface area contributed by atoms with E-state index in [-0.39, 0.29) is 18.6 Å². The van der Waals surface area contributed by atoms with Gasteiger partial charge in [0.1, 0.15) is 19.3 Å². The summed E-state index contributed by atoms with van der Waals surface area (Å²) in [6.45, 7) is 0.823. The van der Waals surface area contributed by atoms with Gasteiger partial charge in [-0.3, -0.25) is 4.79 Å². The molecule has 68 valence electrons. The zero-order valence-corrected chi connectivity index (χ0v) is 6.53. The second-order valence-electron chi connectivity index (χ2n) is 2.38. The zero-order chi connectivity index (χ0) is 8.97. The van der Waals surface area contributed by atoms with Gasteiger partial charge in [-0.25, -0.2) is 4.99 Å². The first kappa shape index (κ1) is 8.79. The summed E-state index contributed by atoms with van der Waals surface area (Å²) in [5.41, 5.74) is 10.0. The Morgan fingerprint density at radius 1 is 1.67 bits per heavy atom. The van der Waals surface area contributed by atoms with Crippen molar-refractivity contribution in [2.75, 3.05) is 19.8 Å². The van der Waals surface area contributed by atoms with Crippen LogP contribution in [0, 0.1) is 0 Å². The molecule has 0 bridgehead atoms. The highest BCUT2D eigenvalue weighted by atomic mass is 16.6. The van der Waals surface area contributed by atoms with Crippen molar-refractivity contribution in [3.63, 3.8) is 0 Å². The van der Waals surface area contributed by atoms with Crippen LogP contribution < -0.4 is 11.5 Å². The maximum atomic E-state index is 10.8. The standard InChI is InChI=1S/C6H11N3O3/c7-6(8)9-1-5(10)12-3-4-2-11-4/h4H,1-3H2,(H4,7,8,9). The van der Waals surface area contributed by atoms with Crippen molar-refractivity contribution < 1.29 is 14.3 Å². The number of carbonyl (C=O) groups excluding carboxylic acids is 1. The molecule has 12 heavy (non-hydrogen) atoms. The molecule has 1 unspecified atom stereocenters. The normalized spacial score (nSPS) is 19.8. The molecule has 0 saturated carbocycles. The van der Waals surface area contributed by atoms with Crippen LogP contribution in [0.3, 0.4) is 0 Å². The van der Waals surface area contributed by atoms with Crippen LogP contribution in [-0.2, 0) is 14.3 Å². The third-order valence-corrected chi connectivity index (χ3v) is 1.22. The first-order valence-corrected chi connectivity index (χ1v) is 3.51. The minimum atomic E-state index is -0.445. The molecule has 1 aliphatic heterocycles. The molecule has 0 spiro atoms. The van der Waals surface area contributed by atoms with Crippen LogP contribution in [0.15, 0.2) is 4.99 Å². The van der Waals surface area contributed by atoms with Crippen LogP contribution in [-0.4, -0.2) is 37.8 Å². The minimum absolute atomic E-state index is 0.0770. The first-order valence-electron chi connectivity index (χ1n) is 3.51. The largest absolute Gasteiger partial charge is 0.461 e. The Balaban J connectivity index is 2.06. The summed E-state index contributed by atoms with van der Waals surface area (Å²) in [4.78, 5) is 14.3. The van der Waals surface area contributed by atoms with Crippen molar-refractivity contribution in [1.29, 1.82) is 0 Å². The summed E-state index contributed by atoms with van der Waals surface area (Å²) in [6.07, 6.45) is 0.0770. The van der Waals surface area contributed by atoms with E-state index in [4.69, 9.17) is 20.9 Å². The van der Waals surface area contributed by atoms with Crippen LogP contribution in [0.5, 0.6) is 0 Å². The molecule has 1 aliphatic rings. The quantitative estimate of drug-likeness (QED) is 0.226. The second-order valence-corrected chi connectivity index (χ2v) is 2.38. The van der Waals surface area contributed by atoms with Crippen LogP contribution >= 0.6 is 0 Å². The number of esters is 1. The molecule has 1 saturated heterocycles. The molecule has 1 rings (SSSR count). The van der Waals surface area contributed by atoms with Gasteiger partial charge in [0.25, 0.3) is 0 Å². The van der Waals surface area contributed by atoms with Gasteiger partial charge >= 0.3 is 5.97 Å². The molecule has 0 aromatic rings. The Morgan fingerprint density at radius 3 is 2.83 bits per heavy atom. The van der Waals surface area contributed by atoms with Crippen molar-refractivity contribution in [1.82, 2.24) is 0 Å². The smallest absolute Gasteiger partial charge is 0.327 e. The number of guanidine groups is 1. The van der Waals surface area contributed by atoms with E-state index in [0.29, 0.717) is 13.2 Å². The number of aliphatic imine (C=N–C) groups is 1. The number of rotatable bonds is 4. The fourth-order valence-corrected chi connectivity index (χ4v) is 0.552. The minimum Gasteiger partial charge on any atom is -0.461 e. The van der Waals surface area contributed by atoms with Gasteiger partial charge in [-0.05, 0) is 0 Å². The van der Waals surface area contributed by atoms with Crippen LogP contribution in [0.4, 0.5) is 0 Å². The molecular formula is C6H11N3O3. The summed E-state index contributed by atoms with van der Waals surface area (Å²) in [5, 5.41) is 0.